The molecule has 3 nitrogen and oxygen atoms in total. The summed E-state index contributed by atoms with van der Waals surface area (Å²) in [5, 5.41) is 0. The number of nitrogens with zero attached hydrogens (tertiary/aromatic N) is 2. The average molecular weight is 259 g/mol. The highest BCUT2D eigenvalue weighted by atomic mass is 19.4. The lowest BCUT2D eigenvalue weighted by atomic mass is 10.2. The maximum Gasteiger partial charge on any atom is 0.405 e. The van der Waals surface area contributed by atoms with Gasteiger partial charge >= 0.3 is 6.18 Å². The van der Waals surface area contributed by atoms with Crippen molar-refractivity contribution in [3.05, 3.63) is 23.5 Å². The number of aromatic nitrogens is 1. The minimum Gasteiger partial charge on any atom is -0.359 e. The quantitative estimate of drug-likeness (QED) is 0.902. The van der Waals surface area contributed by atoms with Crippen molar-refractivity contribution in [1.82, 2.24) is 4.98 Å². The van der Waals surface area contributed by atoms with Crippen LogP contribution in [-0.2, 0) is 6.54 Å². The fourth-order valence-corrected chi connectivity index (χ4v) is 1.99. The summed E-state index contributed by atoms with van der Waals surface area (Å²) < 4.78 is 37.9. The van der Waals surface area contributed by atoms with Crippen LogP contribution in [0.5, 0.6) is 0 Å². The smallest absolute Gasteiger partial charge is 0.359 e. The Balaban J connectivity index is 2.32. The molecule has 6 heteroatoms. The van der Waals surface area contributed by atoms with Crippen LogP contribution in [0.15, 0.2) is 12.3 Å². The van der Waals surface area contributed by atoms with E-state index in [0.717, 1.165) is 12.8 Å². The molecule has 18 heavy (non-hydrogen) atoms. The van der Waals surface area contributed by atoms with Gasteiger partial charge in [-0.05, 0) is 25.8 Å². The van der Waals surface area contributed by atoms with Gasteiger partial charge < -0.3 is 10.6 Å². The number of hydrogen-bond donors (Lipinski definition) is 1. The van der Waals surface area contributed by atoms with E-state index in [1.54, 1.807) is 19.2 Å². The van der Waals surface area contributed by atoms with Crippen LogP contribution >= 0.6 is 0 Å². The number of hydrogen-bond acceptors (Lipinski definition) is 3. The number of alkyl halides is 3. The Morgan fingerprint density at radius 1 is 1.44 bits per heavy atom. The molecule has 1 aliphatic carbocycles. The molecule has 1 aliphatic rings. The monoisotopic (exact) mass is 259 g/mol. The van der Waals surface area contributed by atoms with Gasteiger partial charge in [-0.2, -0.15) is 13.2 Å². The molecule has 0 aromatic carbocycles. The van der Waals surface area contributed by atoms with Crippen molar-refractivity contribution in [2.75, 3.05) is 11.4 Å². The zero-order chi connectivity index (χ0) is 13.3. The fourth-order valence-electron chi connectivity index (χ4n) is 1.99. The van der Waals surface area contributed by atoms with E-state index >= 15 is 0 Å². The second kappa shape index (κ2) is 4.76. The zero-order valence-electron chi connectivity index (χ0n) is 10.2. The molecule has 0 radical (unpaired) electrons. The van der Waals surface area contributed by atoms with Crippen LogP contribution in [0.25, 0.3) is 0 Å². The molecule has 0 saturated heterocycles. The van der Waals surface area contributed by atoms with Crippen molar-refractivity contribution in [3.8, 4) is 0 Å². The highest BCUT2D eigenvalue weighted by Gasteiger charge is 2.38. The van der Waals surface area contributed by atoms with Crippen molar-refractivity contribution in [2.24, 2.45) is 5.73 Å². The van der Waals surface area contributed by atoms with Crippen LogP contribution in [0.3, 0.4) is 0 Å². The number of pyridine rings is 1. The molecule has 2 N–H and O–H groups in total. The van der Waals surface area contributed by atoms with Gasteiger partial charge in [0.25, 0.3) is 0 Å². The summed E-state index contributed by atoms with van der Waals surface area (Å²) in [6.45, 7) is 1.04. The second-order valence-corrected chi connectivity index (χ2v) is 4.63. The van der Waals surface area contributed by atoms with Crippen molar-refractivity contribution in [3.63, 3.8) is 0 Å². The number of halogens is 3. The van der Waals surface area contributed by atoms with Crippen LogP contribution in [0, 0.1) is 6.92 Å². The van der Waals surface area contributed by atoms with Crippen molar-refractivity contribution >= 4 is 5.69 Å². The highest BCUT2D eigenvalue weighted by molar-refractivity contribution is 5.55. The number of anilines is 1. The predicted octanol–water partition coefficient (Wildman–Crippen LogP) is 2.38. The molecule has 0 amide bonds. The Hall–Kier alpha value is -1.30. The molecule has 2 rings (SSSR count). The molecule has 0 atom stereocenters. The predicted molar refractivity (Wildman–Crippen MR) is 63.3 cm³/mol. The Kier molecular flexibility index (Phi) is 3.47. The Labute approximate surface area is 104 Å². The Morgan fingerprint density at radius 3 is 2.61 bits per heavy atom. The lowest BCUT2D eigenvalue weighted by Crippen LogP contribution is -2.36. The summed E-state index contributed by atoms with van der Waals surface area (Å²) in [6, 6.07) is 1.67. The van der Waals surface area contributed by atoms with Gasteiger partial charge in [0.15, 0.2) is 0 Å². The topological polar surface area (TPSA) is 42.1 Å². The average Bonchev–Trinajstić information content (AvgIpc) is 3.08. The summed E-state index contributed by atoms with van der Waals surface area (Å²) in [5.74, 6) is 0. The maximum atomic E-state index is 12.6. The molecule has 1 heterocycles. The maximum absolute atomic E-state index is 12.6. The van der Waals surface area contributed by atoms with E-state index in [9.17, 15) is 13.2 Å². The van der Waals surface area contributed by atoms with Crippen LogP contribution < -0.4 is 10.6 Å². The normalized spacial score (nSPS) is 15.8. The largest absolute Gasteiger partial charge is 0.405 e. The van der Waals surface area contributed by atoms with E-state index in [0.29, 0.717) is 16.9 Å². The SMILES string of the molecule is Cc1cc(N(CC(F)(F)F)C2CC2)c(CN)cn1. The van der Waals surface area contributed by atoms with Gasteiger partial charge in [0.1, 0.15) is 6.54 Å². The molecular weight excluding hydrogens is 243 g/mol. The standard InChI is InChI=1S/C12H16F3N3/c1-8-4-11(9(5-16)6-17-8)18(10-2-3-10)7-12(13,14)15/h4,6,10H,2-3,5,7,16H2,1H3. The number of aryl methyl sites for hydroxylation is 1. The van der Waals surface area contributed by atoms with Gasteiger partial charge in [-0.3, -0.25) is 4.98 Å². The molecule has 1 saturated carbocycles. The third-order valence-electron chi connectivity index (χ3n) is 2.97. The van der Waals surface area contributed by atoms with Gasteiger partial charge in [0.05, 0.1) is 0 Å². The van der Waals surface area contributed by atoms with E-state index < -0.39 is 12.7 Å². The molecule has 0 unspecified atom stereocenters. The summed E-state index contributed by atoms with van der Waals surface area (Å²) >= 11 is 0. The highest BCUT2D eigenvalue weighted by Crippen LogP contribution is 2.36. The summed E-state index contributed by atoms with van der Waals surface area (Å²) in [4.78, 5) is 5.49. The molecule has 1 aromatic rings. The third-order valence-corrected chi connectivity index (χ3v) is 2.97. The molecule has 1 aromatic heterocycles. The van der Waals surface area contributed by atoms with Gasteiger partial charge in [-0.25, -0.2) is 0 Å². The molecule has 0 bridgehead atoms. The third kappa shape index (κ3) is 3.13. The molecule has 100 valence electrons. The lowest BCUT2D eigenvalue weighted by Gasteiger charge is -2.28. The van der Waals surface area contributed by atoms with Gasteiger partial charge in [-0.15, -0.1) is 0 Å². The summed E-state index contributed by atoms with van der Waals surface area (Å²) in [7, 11) is 0. The number of rotatable bonds is 4. The molecule has 0 spiro atoms. The van der Waals surface area contributed by atoms with Crippen LogP contribution in [-0.4, -0.2) is 23.7 Å². The number of nitrogens with two attached hydrogens (primary N) is 1. The molecule has 1 fully saturated rings. The lowest BCUT2D eigenvalue weighted by molar-refractivity contribution is -0.120. The van der Waals surface area contributed by atoms with Crippen molar-refractivity contribution in [2.45, 2.75) is 38.5 Å². The van der Waals surface area contributed by atoms with Gasteiger partial charge in [-0.1, -0.05) is 0 Å². The first-order chi connectivity index (χ1) is 8.40. The van der Waals surface area contributed by atoms with E-state index in [2.05, 4.69) is 4.98 Å². The molecular formula is C12H16F3N3. The van der Waals surface area contributed by atoms with E-state index in [1.807, 2.05) is 0 Å². The Morgan fingerprint density at radius 2 is 2.11 bits per heavy atom. The minimum absolute atomic E-state index is 0.0151. The van der Waals surface area contributed by atoms with Crippen LogP contribution in [0.1, 0.15) is 24.1 Å². The zero-order valence-corrected chi connectivity index (χ0v) is 10.2. The summed E-state index contributed by atoms with van der Waals surface area (Å²) in [6.07, 6.45) is -1.02. The molecule has 0 aliphatic heterocycles. The van der Waals surface area contributed by atoms with Gasteiger partial charge in [0, 0.05) is 35.7 Å². The first-order valence-electron chi connectivity index (χ1n) is 5.89. The van der Waals surface area contributed by atoms with E-state index in [4.69, 9.17) is 5.73 Å². The fraction of sp³-hybridized carbons (Fsp3) is 0.583. The van der Waals surface area contributed by atoms with E-state index in [1.165, 1.54) is 4.90 Å². The van der Waals surface area contributed by atoms with Crippen molar-refractivity contribution < 1.29 is 13.2 Å². The van der Waals surface area contributed by atoms with Gasteiger partial charge in [0.2, 0.25) is 0 Å². The Bertz CT molecular complexity index is 427. The van der Waals surface area contributed by atoms with E-state index in [-0.39, 0.29) is 12.6 Å². The first kappa shape index (κ1) is 13.1. The van der Waals surface area contributed by atoms with Crippen LogP contribution in [0.2, 0.25) is 0 Å². The van der Waals surface area contributed by atoms with Crippen LogP contribution in [0.4, 0.5) is 18.9 Å². The minimum atomic E-state index is -4.20. The summed E-state index contributed by atoms with van der Waals surface area (Å²) in [5.41, 5.74) is 7.52. The van der Waals surface area contributed by atoms with Crippen molar-refractivity contribution in [1.29, 1.82) is 0 Å². The second-order valence-electron chi connectivity index (χ2n) is 4.63. The first-order valence-corrected chi connectivity index (χ1v) is 5.89.